The standard InChI is InChI=1S/C12H19N3/c13-12-11(6-3-8-15-12)14-9-7-10-4-1-2-5-10/h3,6,8,10,14H,1-2,4-5,7,9H2,(H2,13,15). The van der Waals surface area contributed by atoms with E-state index in [1.807, 2.05) is 12.1 Å². The molecule has 3 heteroatoms. The molecule has 1 aliphatic carbocycles. The zero-order valence-electron chi connectivity index (χ0n) is 9.08. The number of nitrogen functional groups attached to an aromatic ring is 1. The molecule has 0 radical (unpaired) electrons. The molecular formula is C12H19N3. The maximum absolute atomic E-state index is 5.74. The van der Waals surface area contributed by atoms with E-state index >= 15 is 0 Å². The van der Waals surface area contributed by atoms with E-state index < -0.39 is 0 Å². The van der Waals surface area contributed by atoms with Crippen molar-refractivity contribution in [3.8, 4) is 0 Å². The Bertz CT molecular complexity index is 305. The number of pyridine rings is 1. The van der Waals surface area contributed by atoms with Crippen LogP contribution in [0.1, 0.15) is 32.1 Å². The van der Waals surface area contributed by atoms with Crippen LogP contribution >= 0.6 is 0 Å². The van der Waals surface area contributed by atoms with Crippen molar-refractivity contribution in [2.45, 2.75) is 32.1 Å². The molecule has 82 valence electrons. The third-order valence-corrected chi connectivity index (χ3v) is 3.18. The smallest absolute Gasteiger partial charge is 0.146 e. The van der Waals surface area contributed by atoms with Gasteiger partial charge in [0.2, 0.25) is 0 Å². The molecule has 0 spiro atoms. The number of aromatic nitrogens is 1. The second-order valence-corrected chi connectivity index (χ2v) is 4.30. The van der Waals surface area contributed by atoms with E-state index in [9.17, 15) is 0 Å². The summed E-state index contributed by atoms with van der Waals surface area (Å²) < 4.78 is 0. The second kappa shape index (κ2) is 5.01. The molecule has 1 heterocycles. The average Bonchev–Trinajstić information content (AvgIpc) is 2.74. The summed E-state index contributed by atoms with van der Waals surface area (Å²) in [7, 11) is 0. The highest BCUT2D eigenvalue weighted by molar-refractivity contribution is 5.60. The summed E-state index contributed by atoms with van der Waals surface area (Å²) >= 11 is 0. The lowest BCUT2D eigenvalue weighted by atomic mass is 10.0. The highest BCUT2D eigenvalue weighted by Crippen LogP contribution is 2.27. The zero-order valence-corrected chi connectivity index (χ0v) is 9.08. The topological polar surface area (TPSA) is 50.9 Å². The minimum Gasteiger partial charge on any atom is -0.382 e. The van der Waals surface area contributed by atoms with E-state index in [1.54, 1.807) is 6.20 Å². The molecule has 0 aliphatic heterocycles. The van der Waals surface area contributed by atoms with Crippen LogP contribution in [0.3, 0.4) is 0 Å². The number of anilines is 2. The first kappa shape index (κ1) is 10.3. The van der Waals surface area contributed by atoms with Crippen molar-refractivity contribution in [3.05, 3.63) is 18.3 Å². The summed E-state index contributed by atoms with van der Waals surface area (Å²) in [6.45, 7) is 1.01. The van der Waals surface area contributed by atoms with Gasteiger partial charge in [-0.3, -0.25) is 0 Å². The molecule has 1 aromatic heterocycles. The molecule has 0 unspecified atom stereocenters. The van der Waals surface area contributed by atoms with Crippen molar-refractivity contribution in [1.29, 1.82) is 0 Å². The number of nitrogens with zero attached hydrogens (tertiary/aromatic N) is 1. The third kappa shape index (κ3) is 2.85. The monoisotopic (exact) mass is 205 g/mol. The van der Waals surface area contributed by atoms with E-state index in [-0.39, 0.29) is 0 Å². The van der Waals surface area contributed by atoms with E-state index in [2.05, 4.69) is 10.3 Å². The summed E-state index contributed by atoms with van der Waals surface area (Å²) in [6, 6.07) is 3.89. The number of hydrogen-bond donors (Lipinski definition) is 2. The van der Waals surface area contributed by atoms with Gasteiger partial charge in [-0.25, -0.2) is 4.98 Å². The SMILES string of the molecule is Nc1ncccc1NCCC1CCCC1. The van der Waals surface area contributed by atoms with E-state index in [4.69, 9.17) is 5.73 Å². The van der Waals surface area contributed by atoms with Gasteiger partial charge in [-0.15, -0.1) is 0 Å². The summed E-state index contributed by atoms with van der Waals surface area (Å²) in [5, 5.41) is 3.35. The van der Waals surface area contributed by atoms with Gasteiger partial charge in [0, 0.05) is 12.7 Å². The summed E-state index contributed by atoms with van der Waals surface area (Å²) in [5.74, 6) is 1.53. The van der Waals surface area contributed by atoms with Gasteiger partial charge in [-0.1, -0.05) is 25.7 Å². The predicted octanol–water partition coefficient (Wildman–Crippen LogP) is 2.66. The van der Waals surface area contributed by atoms with Crippen LogP contribution in [0.2, 0.25) is 0 Å². The fourth-order valence-corrected chi connectivity index (χ4v) is 2.28. The maximum atomic E-state index is 5.74. The fourth-order valence-electron chi connectivity index (χ4n) is 2.28. The lowest BCUT2D eigenvalue weighted by Gasteiger charge is -2.11. The first-order valence-electron chi connectivity index (χ1n) is 5.80. The Balaban J connectivity index is 1.75. The Morgan fingerprint density at radius 2 is 2.20 bits per heavy atom. The minimum absolute atomic E-state index is 0.601. The van der Waals surface area contributed by atoms with Gasteiger partial charge >= 0.3 is 0 Å². The lowest BCUT2D eigenvalue weighted by molar-refractivity contribution is 0.518. The first-order chi connectivity index (χ1) is 7.36. The van der Waals surface area contributed by atoms with Crippen LogP contribution < -0.4 is 11.1 Å². The van der Waals surface area contributed by atoms with Crippen LogP contribution in [0.4, 0.5) is 11.5 Å². The molecule has 1 aliphatic rings. The summed E-state index contributed by atoms with van der Waals surface area (Å²) in [5.41, 5.74) is 6.71. The zero-order chi connectivity index (χ0) is 10.5. The third-order valence-electron chi connectivity index (χ3n) is 3.18. The van der Waals surface area contributed by atoms with Crippen molar-refractivity contribution in [1.82, 2.24) is 4.98 Å². The van der Waals surface area contributed by atoms with Crippen molar-refractivity contribution in [3.63, 3.8) is 0 Å². The molecule has 0 amide bonds. The molecular weight excluding hydrogens is 186 g/mol. The number of nitrogens with two attached hydrogens (primary N) is 1. The Kier molecular flexibility index (Phi) is 3.43. The molecule has 2 rings (SSSR count). The van der Waals surface area contributed by atoms with Crippen LogP contribution in [0.5, 0.6) is 0 Å². The fraction of sp³-hybridized carbons (Fsp3) is 0.583. The molecule has 3 N–H and O–H groups in total. The van der Waals surface area contributed by atoms with Gasteiger partial charge in [-0.2, -0.15) is 0 Å². The number of hydrogen-bond acceptors (Lipinski definition) is 3. The number of rotatable bonds is 4. The Labute approximate surface area is 91.1 Å². The first-order valence-corrected chi connectivity index (χ1v) is 5.80. The molecule has 15 heavy (non-hydrogen) atoms. The summed E-state index contributed by atoms with van der Waals surface area (Å²) in [6.07, 6.45) is 8.62. The minimum atomic E-state index is 0.601. The van der Waals surface area contributed by atoms with Crippen LogP contribution in [0.25, 0.3) is 0 Å². The molecule has 0 saturated heterocycles. The van der Waals surface area contributed by atoms with Gasteiger partial charge in [0.1, 0.15) is 5.82 Å². The molecule has 1 saturated carbocycles. The van der Waals surface area contributed by atoms with Gasteiger partial charge in [0.15, 0.2) is 0 Å². The van der Waals surface area contributed by atoms with Gasteiger partial charge in [0.25, 0.3) is 0 Å². The van der Waals surface area contributed by atoms with Crippen molar-refractivity contribution < 1.29 is 0 Å². The van der Waals surface area contributed by atoms with Crippen LogP contribution in [-0.2, 0) is 0 Å². The second-order valence-electron chi connectivity index (χ2n) is 4.30. The van der Waals surface area contributed by atoms with Crippen LogP contribution in [0, 0.1) is 5.92 Å². The molecule has 3 nitrogen and oxygen atoms in total. The van der Waals surface area contributed by atoms with Gasteiger partial charge in [-0.05, 0) is 24.5 Å². The predicted molar refractivity (Wildman–Crippen MR) is 63.7 cm³/mol. The molecule has 0 atom stereocenters. The Hall–Kier alpha value is -1.25. The highest BCUT2D eigenvalue weighted by atomic mass is 14.9. The van der Waals surface area contributed by atoms with Crippen molar-refractivity contribution in [2.75, 3.05) is 17.6 Å². The van der Waals surface area contributed by atoms with Gasteiger partial charge < -0.3 is 11.1 Å². The van der Waals surface area contributed by atoms with Crippen LogP contribution in [0.15, 0.2) is 18.3 Å². The summed E-state index contributed by atoms with van der Waals surface area (Å²) in [4.78, 5) is 4.04. The molecule has 0 bridgehead atoms. The van der Waals surface area contributed by atoms with E-state index in [1.165, 1.54) is 32.1 Å². The average molecular weight is 205 g/mol. The van der Waals surface area contributed by atoms with Crippen molar-refractivity contribution >= 4 is 11.5 Å². The van der Waals surface area contributed by atoms with E-state index in [0.717, 1.165) is 18.2 Å². The van der Waals surface area contributed by atoms with E-state index in [0.29, 0.717) is 5.82 Å². The van der Waals surface area contributed by atoms with Crippen molar-refractivity contribution in [2.24, 2.45) is 5.92 Å². The normalized spacial score (nSPS) is 16.8. The largest absolute Gasteiger partial charge is 0.382 e. The Morgan fingerprint density at radius 3 is 2.93 bits per heavy atom. The maximum Gasteiger partial charge on any atom is 0.146 e. The molecule has 0 aromatic carbocycles. The van der Waals surface area contributed by atoms with Crippen LogP contribution in [-0.4, -0.2) is 11.5 Å². The quantitative estimate of drug-likeness (QED) is 0.794. The lowest BCUT2D eigenvalue weighted by Crippen LogP contribution is -2.08. The van der Waals surface area contributed by atoms with Gasteiger partial charge in [0.05, 0.1) is 5.69 Å². The molecule has 1 fully saturated rings. The Morgan fingerprint density at radius 1 is 1.40 bits per heavy atom. The molecule has 1 aromatic rings. The number of nitrogens with one attached hydrogen (secondary N) is 1. The highest BCUT2D eigenvalue weighted by Gasteiger charge is 2.14.